The van der Waals surface area contributed by atoms with Crippen LogP contribution in [0, 0.1) is 5.82 Å². The van der Waals surface area contributed by atoms with Gasteiger partial charge < -0.3 is 25.0 Å². The summed E-state index contributed by atoms with van der Waals surface area (Å²) in [6.07, 6.45) is -1.57. The minimum absolute atomic E-state index is 0.0307. The smallest absolute Gasteiger partial charge is 0.421 e. The van der Waals surface area contributed by atoms with Crippen molar-refractivity contribution in [2.24, 2.45) is 0 Å². The Morgan fingerprint density at radius 3 is 2.58 bits per heavy atom. The summed E-state index contributed by atoms with van der Waals surface area (Å²) in [5, 5.41) is 5.38. The van der Waals surface area contributed by atoms with E-state index in [0.29, 0.717) is 32.5 Å². The molecular weight excluding hydrogens is 446 g/mol. The molecule has 1 aliphatic carbocycles. The Bertz CT molecular complexity index is 1020. The number of ether oxygens (including phenoxy) is 2. The summed E-state index contributed by atoms with van der Waals surface area (Å²) in [5.41, 5.74) is -1.10. The molecule has 178 valence electrons. The van der Waals surface area contributed by atoms with Crippen molar-refractivity contribution in [3.8, 4) is 5.75 Å². The highest BCUT2D eigenvalue weighted by atomic mass is 19.4. The van der Waals surface area contributed by atoms with Gasteiger partial charge in [-0.15, -0.1) is 0 Å². The van der Waals surface area contributed by atoms with Gasteiger partial charge in [0.05, 0.1) is 31.6 Å². The number of rotatable bonds is 6. The largest absolute Gasteiger partial charge is 0.496 e. The summed E-state index contributed by atoms with van der Waals surface area (Å²) in [6.45, 7) is 1.52. The van der Waals surface area contributed by atoms with Gasteiger partial charge in [0.25, 0.3) is 5.91 Å². The van der Waals surface area contributed by atoms with Gasteiger partial charge in [0.15, 0.2) is 0 Å². The molecule has 1 aromatic carbocycles. The summed E-state index contributed by atoms with van der Waals surface area (Å²) in [5.74, 6) is -1.69. The van der Waals surface area contributed by atoms with E-state index in [9.17, 15) is 22.4 Å². The van der Waals surface area contributed by atoms with Gasteiger partial charge in [0, 0.05) is 31.4 Å². The van der Waals surface area contributed by atoms with E-state index >= 15 is 0 Å². The van der Waals surface area contributed by atoms with Crippen molar-refractivity contribution in [2.45, 2.75) is 31.5 Å². The van der Waals surface area contributed by atoms with Crippen molar-refractivity contribution in [2.75, 3.05) is 44.0 Å². The average Bonchev–Trinajstić information content (AvgIpc) is 2.77. The molecule has 1 aromatic heterocycles. The maximum Gasteiger partial charge on any atom is 0.421 e. The Balaban J connectivity index is 1.60. The molecule has 33 heavy (non-hydrogen) atoms. The molecule has 1 amide bonds. The molecule has 12 heteroatoms. The number of methoxy groups -OCH3 is 1. The van der Waals surface area contributed by atoms with Gasteiger partial charge in [0.2, 0.25) is 5.95 Å². The summed E-state index contributed by atoms with van der Waals surface area (Å²) in [4.78, 5) is 21.9. The highest BCUT2D eigenvalue weighted by Crippen LogP contribution is 2.36. The molecule has 0 bridgehead atoms. The molecule has 0 spiro atoms. The number of amides is 1. The van der Waals surface area contributed by atoms with Crippen LogP contribution < -0.4 is 15.4 Å². The number of carbonyl (C=O) groups excluding carboxylic acids is 1. The highest BCUT2D eigenvalue weighted by molar-refractivity contribution is 5.97. The van der Waals surface area contributed by atoms with Crippen molar-refractivity contribution < 1.29 is 31.8 Å². The maximum absolute atomic E-state index is 14.9. The van der Waals surface area contributed by atoms with Gasteiger partial charge in [0.1, 0.15) is 22.9 Å². The van der Waals surface area contributed by atoms with Crippen molar-refractivity contribution in [1.82, 2.24) is 14.9 Å². The Morgan fingerprint density at radius 1 is 1.24 bits per heavy atom. The Kier molecular flexibility index (Phi) is 6.54. The number of alkyl halides is 3. The lowest BCUT2D eigenvalue weighted by Crippen LogP contribution is -2.40. The Morgan fingerprint density at radius 2 is 1.97 bits per heavy atom. The molecule has 1 aliphatic heterocycles. The molecule has 0 radical (unpaired) electrons. The SMILES string of the molecule is COc1cc(Nc2ncc(C(F)(F)F)c(NC3CCC3)n2)c(F)cc1C(=O)N1CCOCC1. The molecule has 4 rings (SSSR count). The first kappa shape index (κ1) is 23.0. The summed E-state index contributed by atoms with van der Waals surface area (Å²) >= 11 is 0. The zero-order valence-corrected chi connectivity index (χ0v) is 17.8. The van der Waals surface area contributed by atoms with Crippen LogP contribution >= 0.6 is 0 Å². The first-order valence-corrected chi connectivity index (χ1v) is 10.5. The number of nitrogens with one attached hydrogen (secondary N) is 2. The van der Waals surface area contributed by atoms with E-state index in [1.165, 1.54) is 18.1 Å². The van der Waals surface area contributed by atoms with E-state index in [0.717, 1.165) is 25.3 Å². The zero-order valence-electron chi connectivity index (χ0n) is 17.8. The third-order valence-corrected chi connectivity index (χ3v) is 5.60. The van der Waals surface area contributed by atoms with Crippen molar-refractivity contribution in [1.29, 1.82) is 0 Å². The van der Waals surface area contributed by atoms with Gasteiger partial charge in [-0.3, -0.25) is 4.79 Å². The lowest BCUT2D eigenvalue weighted by atomic mass is 9.93. The number of hydrogen-bond acceptors (Lipinski definition) is 7. The number of carbonyl (C=O) groups is 1. The number of hydrogen-bond donors (Lipinski definition) is 2. The van der Waals surface area contributed by atoms with E-state index < -0.39 is 23.5 Å². The number of anilines is 3. The van der Waals surface area contributed by atoms with E-state index in [1.807, 2.05) is 0 Å². The zero-order chi connectivity index (χ0) is 23.6. The van der Waals surface area contributed by atoms with Crippen LogP contribution in [-0.4, -0.2) is 60.2 Å². The van der Waals surface area contributed by atoms with Crippen molar-refractivity contribution in [3.05, 3.63) is 35.3 Å². The van der Waals surface area contributed by atoms with Gasteiger partial charge in [-0.05, 0) is 25.3 Å². The van der Waals surface area contributed by atoms with Crippen molar-refractivity contribution >= 4 is 23.4 Å². The lowest BCUT2D eigenvalue weighted by Gasteiger charge is -2.28. The minimum atomic E-state index is -4.64. The molecule has 2 aliphatic rings. The molecule has 0 atom stereocenters. The molecule has 2 aromatic rings. The normalized spacial score (nSPS) is 16.8. The summed E-state index contributed by atoms with van der Waals surface area (Å²) in [6, 6.07) is 2.18. The third-order valence-electron chi connectivity index (χ3n) is 5.60. The molecule has 0 unspecified atom stereocenters. The molecule has 2 N–H and O–H groups in total. The van der Waals surface area contributed by atoms with Crippen molar-refractivity contribution in [3.63, 3.8) is 0 Å². The second-order valence-corrected chi connectivity index (χ2v) is 7.79. The fourth-order valence-corrected chi connectivity index (χ4v) is 3.55. The number of morpholine rings is 1. The Labute approximate surface area is 187 Å². The standard InChI is InChI=1S/C21H23F4N5O3/c1-32-17-10-16(15(22)9-13(17)19(31)30-5-7-33-8-6-30)28-20-26-11-14(21(23,24)25)18(29-20)27-12-3-2-4-12/h9-12H,2-8H2,1H3,(H2,26,27,28,29). The van der Waals surface area contributed by atoms with Crippen LogP contribution in [0.1, 0.15) is 35.2 Å². The lowest BCUT2D eigenvalue weighted by molar-refractivity contribution is -0.137. The van der Waals surface area contributed by atoms with Crippen LogP contribution in [0.15, 0.2) is 18.3 Å². The average molecular weight is 469 g/mol. The number of aromatic nitrogens is 2. The second kappa shape index (κ2) is 9.38. The number of nitrogens with zero attached hydrogens (tertiary/aromatic N) is 3. The molecule has 1 saturated carbocycles. The third kappa shape index (κ3) is 5.10. The second-order valence-electron chi connectivity index (χ2n) is 7.79. The molecule has 1 saturated heterocycles. The highest BCUT2D eigenvalue weighted by Gasteiger charge is 2.36. The Hall–Kier alpha value is -3.15. The molecule has 2 fully saturated rings. The minimum Gasteiger partial charge on any atom is -0.496 e. The topological polar surface area (TPSA) is 88.6 Å². The van der Waals surface area contributed by atoms with E-state index in [1.54, 1.807) is 0 Å². The van der Waals surface area contributed by atoms with Gasteiger partial charge in [-0.25, -0.2) is 9.37 Å². The van der Waals surface area contributed by atoms with Crippen LogP contribution in [0.4, 0.5) is 35.0 Å². The van der Waals surface area contributed by atoms with Crippen LogP contribution in [0.25, 0.3) is 0 Å². The van der Waals surface area contributed by atoms with Crippen LogP contribution in [0.3, 0.4) is 0 Å². The van der Waals surface area contributed by atoms with Gasteiger partial charge in [-0.2, -0.15) is 18.2 Å². The predicted molar refractivity (Wildman–Crippen MR) is 111 cm³/mol. The van der Waals surface area contributed by atoms with Crippen LogP contribution in [0.5, 0.6) is 5.75 Å². The molecule has 2 heterocycles. The predicted octanol–water partition coefficient (Wildman–Crippen LogP) is 3.82. The monoisotopic (exact) mass is 469 g/mol. The summed E-state index contributed by atoms with van der Waals surface area (Å²) < 4.78 is 65.4. The number of halogens is 4. The van der Waals surface area contributed by atoms with E-state index in [2.05, 4.69) is 20.6 Å². The van der Waals surface area contributed by atoms with E-state index in [-0.39, 0.29) is 34.8 Å². The maximum atomic E-state index is 14.9. The van der Waals surface area contributed by atoms with Gasteiger partial charge >= 0.3 is 6.18 Å². The first-order valence-electron chi connectivity index (χ1n) is 10.5. The number of benzene rings is 1. The fourth-order valence-electron chi connectivity index (χ4n) is 3.55. The van der Waals surface area contributed by atoms with E-state index in [4.69, 9.17) is 9.47 Å². The molecule has 8 nitrogen and oxygen atoms in total. The summed E-state index contributed by atoms with van der Waals surface area (Å²) in [7, 11) is 1.34. The first-order chi connectivity index (χ1) is 15.8. The van der Waals surface area contributed by atoms with Gasteiger partial charge in [-0.1, -0.05) is 0 Å². The quantitative estimate of drug-likeness (QED) is 0.622. The fraction of sp³-hybridized carbons (Fsp3) is 0.476. The van der Waals surface area contributed by atoms with Crippen LogP contribution in [-0.2, 0) is 10.9 Å². The van der Waals surface area contributed by atoms with Crippen LogP contribution in [0.2, 0.25) is 0 Å². The molecular formula is C21H23F4N5O3.